The highest BCUT2D eigenvalue weighted by Gasteiger charge is 2.07. The molecule has 0 aliphatic heterocycles. The van der Waals surface area contributed by atoms with Crippen molar-refractivity contribution in [1.29, 1.82) is 0 Å². The number of hydrogen-bond donors (Lipinski definition) is 2. The van der Waals surface area contributed by atoms with Crippen LogP contribution in [0.3, 0.4) is 0 Å². The second-order valence-corrected chi connectivity index (χ2v) is 6.63. The molecule has 2 amide bonds. The maximum atomic E-state index is 11.7. The van der Waals surface area contributed by atoms with E-state index in [1.165, 1.54) is 13.8 Å². The van der Waals surface area contributed by atoms with Crippen LogP contribution in [0.4, 0.5) is 9.59 Å². The van der Waals surface area contributed by atoms with E-state index in [2.05, 4.69) is 23.8 Å². The molecule has 174 valence electrons. The third kappa shape index (κ3) is 11.4. The number of benzene rings is 1. The lowest BCUT2D eigenvalue weighted by atomic mass is 10.1. The second kappa shape index (κ2) is 14.2. The zero-order valence-electron chi connectivity index (χ0n) is 18.2. The monoisotopic (exact) mass is 448 g/mol. The number of esters is 2. The van der Waals surface area contributed by atoms with Crippen LogP contribution in [0, 0.1) is 0 Å². The van der Waals surface area contributed by atoms with Gasteiger partial charge in [-0.05, 0) is 25.0 Å². The minimum absolute atomic E-state index is 0.0628. The number of hydrogen-bond acceptors (Lipinski definition) is 8. The standard InChI is InChI=1S/C22H28N2O8/c1-15(2)19(25)29-8-10-31-21(27)23-13-17-6-5-7-18(12-17)14-24-22(28)32-11-9-30-20(26)16(3)4/h5-7,12H,1,3,8-11,13-14H2,2,4H3,(H,23,27)(H,24,28). The molecule has 32 heavy (non-hydrogen) atoms. The molecule has 0 saturated carbocycles. The summed E-state index contributed by atoms with van der Waals surface area (Å²) in [6.07, 6.45) is -1.31. The highest BCUT2D eigenvalue weighted by molar-refractivity contribution is 5.87. The number of alkyl carbamates (subject to hydrolysis) is 2. The fourth-order valence-electron chi connectivity index (χ4n) is 2.08. The van der Waals surface area contributed by atoms with Crippen molar-refractivity contribution in [3.8, 4) is 0 Å². The molecule has 2 N–H and O–H groups in total. The Morgan fingerprint density at radius 1 is 0.719 bits per heavy atom. The highest BCUT2D eigenvalue weighted by Crippen LogP contribution is 2.05. The number of carbonyl (C=O) groups excluding carboxylic acids is 4. The van der Waals surface area contributed by atoms with Crippen LogP contribution < -0.4 is 10.6 Å². The maximum Gasteiger partial charge on any atom is 0.407 e. The first kappa shape index (κ1) is 26.2. The van der Waals surface area contributed by atoms with Crippen LogP contribution in [0.2, 0.25) is 0 Å². The van der Waals surface area contributed by atoms with Crippen molar-refractivity contribution in [1.82, 2.24) is 10.6 Å². The molecule has 10 nitrogen and oxygen atoms in total. The Balaban J connectivity index is 2.27. The minimum Gasteiger partial charge on any atom is -0.459 e. The zero-order chi connectivity index (χ0) is 23.9. The third-order valence-electron chi connectivity index (χ3n) is 3.66. The molecule has 0 atom stereocenters. The van der Waals surface area contributed by atoms with Crippen LogP contribution in [-0.2, 0) is 41.6 Å². The molecule has 0 unspecified atom stereocenters. The topological polar surface area (TPSA) is 129 Å². The Kier molecular flexibility index (Phi) is 11.7. The molecule has 0 aliphatic carbocycles. The maximum absolute atomic E-state index is 11.7. The van der Waals surface area contributed by atoms with Gasteiger partial charge in [0.05, 0.1) is 0 Å². The third-order valence-corrected chi connectivity index (χ3v) is 3.66. The summed E-state index contributed by atoms with van der Waals surface area (Å²) in [6.45, 7) is 10.1. The second-order valence-electron chi connectivity index (χ2n) is 6.63. The lowest BCUT2D eigenvalue weighted by molar-refractivity contribution is -0.140. The molecule has 0 heterocycles. The zero-order valence-corrected chi connectivity index (χ0v) is 18.2. The van der Waals surface area contributed by atoms with E-state index in [4.69, 9.17) is 18.9 Å². The van der Waals surface area contributed by atoms with Crippen molar-refractivity contribution in [2.75, 3.05) is 26.4 Å². The fourth-order valence-corrected chi connectivity index (χ4v) is 2.08. The molecular weight excluding hydrogens is 420 g/mol. The van der Waals surface area contributed by atoms with E-state index in [0.717, 1.165) is 11.1 Å². The summed E-state index contributed by atoms with van der Waals surface area (Å²) in [4.78, 5) is 45.8. The summed E-state index contributed by atoms with van der Waals surface area (Å²) >= 11 is 0. The van der Waals surface area contributed by atoms with Crippen LogP contribution in [0.25, 0.3) is 0 Å². The SMILES string of the molecule is C=C(C)C(=O)OCCOC(=O)NCc1cccc(CNC(=O)OCCOC(=O)C(=C)C)c1. The first-order valence-corrected chi connectivity index (χ1v) is 9.73. The van der Waals surface area contributed by atoms with Crippen molar-refractivity contribution in [3.63, 3.8) is 0 Å². The van der Waals surface area contributed by atoms with Gasteiger partial charge < -0.3 is 29.6 Å². The first-order valence-electron chi connectivity index (χ1n) is 9.73. The molecule has 0 aromatic heterocycles. The van der Waals surface area contributed by atoms with Crippen LogP contribution in [-0.4, -0.2) is 50.6 Å². The predicted octanol–water partition coefficient (Wildman–Crippen LogP) is 2.38. The van der Waals surface area contributed by atoms with Crippen molar-refractivity contribution >= 4 is 24.1 Å². The Morgan fingerprint density at radius 3 is 1.47 bits per heavy atom. The predicted molar refractivity (Wildman–Crippen MR) is 114 cm³/mol. The highest BCUT2D eigenvalue weighted by atomic mass is 16.6. The number of amides is 2. The summed E-state index contributed by atoms with van der Waals surface area (Å²) in [7, 11) is 0. The van der Waals surface area contributed by atoms with E-state index >= 15 is 0 Å². The quantitative estimate of drug-likeness (QED) is 0.216. The largest absolute Gasteiger partial charge is 0.459 e. The van der Waals surface area contributed by atoms with E-state index < -0.39 is 24.1 Å². The van der Waals surface area contributed by atoms with Gasteiger partial charge in [0.15, 0.2) is 0 Å². The van der Waals surface area contributed by atoms with Crippen LogP contribution >= 0.6 is 0 Å². The fraction of sp³-hybridized carbons (Fsp3) is 0.364. The van der Waals surface area contributed by atoms with Crippen molar-refractivity contribution in [2.24, 2.45) is 0 Å². The van der Waals surface area contributed by atoms with Gasteiger partial charge >= 0.3 is 24.1 Å². The van der Waals surface area contributed by atoms with E-state index in [9.17, 15) is 19.2 Å². The average Bonchev–Trinajstić information content (AvgIpc) is 2.76. The first-order chi connectivity index (χ1) is 15.2. The van der Waals surface area contributed by atoms with E-state index in [1.807, 2.05) is 0 Å². The van der Waals surface area contributed by atoms with Gasteiger partial charge in [0.1, 0.15) is 26.4 Å². The molecular formula is C22H28N2O8. The lowest BCUT2D eigenvalue weighted by Crippen LogP contribution is -2.26. The number of nitrogens with one attached hydrogen (secondary N) is 2. The summed E-state index contributed by atoms with van der Waals surface area (Å²) in [5, 5.41) is 5.15. The molecule has 1 rings (SSSR count). The van der Waals surface area contributed by atoms with Crippen LogP contribution in [0.5, 0.6) is 0 Å². The van der Waals surface area contributed by atoms with Crippen LogP contribution in [0.1, 0.15) is 25.0 Å². The van der Waals surface area contributed by atoms with Gasteiger partial charge in [0.2, 0.25) is 0 Å². The van der Waals surface area contributed by atoms with E-state index in [-0.39, 0.29) is 50.7 Å². The summed E-state index contributed by atoms with van der Waals surface area (Å²) < 4.78 is 19.5. The van der Waals surface area contributed by atoms with E-state index in [0.29, 0.717) is 0 Å². The molecule has 0 bridgehead atoms. The average molecular weight is 448 g/mol. The Bertz CT molecular complexity index is 785. The van der Waals surface area contributed by atoms with Gasteiger partial charge in [-0.25, -0.2) is 19.2 Å². The minimum atomic E-state index is -0.657. The summed E-state index contributed by atoms with van der Waals surface area (Å²) in [5.41, 5.74) is 2.10. The molecule has 0 aliphatic rings. The van der Waals surface area contributed by atoms with Gasteiger partial charge in [-0.15, -0.1) is 0 Å². The summed E-state index contributed by atoms with van der Waals surface area (Å²) in [6, 6.07) is 7.17. The Morgan fingerprint density at radius 2 is 1.09 bits per heavy atom. The number of rotatable bonds is 12. The molecule has 0 fully saturated rings. The lowest BCUT2D eigenvalue weighted by Gasteiger charge is -2.10. The van der Waals surface area contributed by atoms with Gasteiger partial charge in [-0.3, -0.25) is 0 Å². The van der Waals surface area contributed by atoms with E-state index in [1.54, 1.807) is 24.3 Å². The van der Waals surface area contributed by atoms with Gasteiger partial charge in [0.25, 0.3) is 0 Å². The van der Waals surface area contributed by atoms with Gasteiger partial charge in [-0.2, -0.15) is 0 Å². The molecule has 0 spiro atoms. The molecule has 10 heteroatoms. The van der Waals surface area contributed by atoms with Crippen molar-refractivity contribution in [3.05, 3.63) is 59.7 Å². The van der Waals surface area contributed by atoms with Crippen molar-refractivity contribution in [2.45, 2.75) is 26.9 Å². The molecule has 0 radical (unpaired) electrons. The Labute approximate surface area is 186 Å². The smallest absolute Gasteiger partial charge is 0.407 e. The van der Waals surface area contributed by atoms with Crippen LogP contribution in [0.15, 0.2) is 48.6 Å². The number of ether oxygens (including phenoxy) is 4. The molecule has 1 aromatic rings. The van der Waals surface area contributed by atoms with Crippen molar-refractivity contribution < 1.29 is 38.1 Å². The number of carbonyl (C=O) groups is 4. The molecule has 1 aromatic carbocycles. The normalized spacial score (nSPS) is 9.81. The summed E-state index contributed by atoms with van der Waals surface area (Å²) in [5.74, 6) is -1.09. The van der Waals surface area contributed by atoms with Gasteiger partial charge in [-0.1, -0.05) is 37.4 Å². The molecule has 0 saturated heterocycles. The van der Waals surface area contributed by atoms with Gasteiger partial charge in [0, 0.05) is 24.2 Å². The Hall–Kier alpha value is -3.82.